The largest absolute Gasteiger partial charge is 0.461 e. The Hall–Kier alpha value is -4.62. The average molecular weight is 555 g/mol. The van der Waals surface area contributed by atoms with Gasteiger partial charge in [0.1, 0.15) is 6.61 Å². The van der Waals surface area contributed by atoms with Crippen molar-refractivity contribution in [3.05, 3.63) is 108 Å². The van der Waals surface area contributed by atoms with Crippen molar-refractivity contribution < 1.29 is 34.0 Å². The van der Waals surface area contributed by atoms with Crippen LogP contribution in [0.25, 0.3) is 0 Å². The molecule has 1 aliphatic rings. The van der Waals surface area contributed by atoms with Crippen molar-refractivity contribution in [3.8, 4) is 0 Å². The number of likely N-dealkylation sites (N-methyl/N-ethyl adjacent to an activating group) is 1. The summed E-state index contributed by atoms with van der Waals surface area (Å²) >= 11 is 0. The van der Waals surface area contributed by atoms with Crippen LogP contribution < -0.4 is 5.32 Å². The Morgan fingerprint density at radius 3 is 2.23 bits per heavy atom. The number of esters is 2. The number of hydrogen-bond donors (Lipinski definition) is 2. The molecule has 40 heavy (non-hydrogen) atoms. The quantitative estimate of drug-likeness (QED) is 0.171. The first kappa shape index (κ1) is 29.9. The van der Waals surface area contributed by atoms with E-state index >= 15 is 0 Å². The minimum absolute atomic E-state index is 0.0259. The van der Waals surface area contributed by atoms with Crippen LogP contribution in [0.4, 0.5) is 5.69 Å². The van der Waals surface area contributed by atoms with E-state index in [1.807, 2.05) is 42.3 Å². The van der Waals surface area contributed by atoms with Gasteiger partial charge in [-0.05, 0) is 32.0 Å². The SMILES string of the molecule is CC1=C(C(=O)OCCN(C)Cc2ccccc2)C(c2cccc([N+](=O)[O-])c2)C(C(=O)OCC(O)[N+](=O)[O-])=C(C)N1. The van der Waals surface area contributed by atoms with Crippen LogP contribution in [0, 0.1) is 20.2 Å². The third-order valence-corrected chi connectivity index (χ3v) is 6.22. The van der Waals surface area contributed by atoms with Gasteiger partial charge in [-0.15, -0.1) is 0 Å². The Kier molecular flexibility index (Phi) is 10.1. The van der Waals surface area contributed by atoms with Crippen molar-refractivity contribution in [1.29, 1.82) is 0 Å². The van der Waals surface area contributed by atoms with E-state index in [1.54, 1.807) is 6.92 Å². The van der Waals surface area contributed by atoms with Gasteiger partial charge in [-0.1, -0.05) is 42.5 Å². The fourth-order valence-electron chi connectivity index (χ4n) is 4.32. The molecule has 13 nitrogen and oxygen atoms in total. The smallest absolute Gasteiger partial charge is 0.347 e. The number of dihydropyridines is 1. The van der Waals surface area contributed by atoms with Crippen molar-refractivity contribution in [2.75, 3.05) is 26.8 Å². The molecule has 0 aliphatic carbocycles. The lowest BCUT2D eigenvalue weighted by atomic mass is 9.80. The fraction of sp³-hybridized carbons (Fsp3) is 0.333. The van der Waals surface area contributed by atoms with Crippen LogP contribution in [0.1, 0.15) is 30.9 Å². The summed E-state index contributed by atoms with van der Waals surface area (Å²) in [6.07, 6.45) is -2.15. The summed E-state index contributed by atoms with van der Waals surface area (Å²) in [5, 5.41) is 34.6. The molecule has 2 aromatic rings. The zero-order valence-electron chi connectivity index (χ0n) is 22.2. The Morgan fingerprint density at radius 2 is 1.62 bits per heavy atom. The molecule has 0 saturated heterocycles. The molecule has 0 spiro atoms. The number of non-ortho nitro benzene ring substituents is 1. The second kappa shape index (κ2) is 13.4. The third-order valence-electron chi connectivity index (χ3n) is 6.22. The number of ether oxygens (including phenoxy) is 2. The van der Waals surface area contributed by atoms with E-state index in [2.05, 4.69) is 5.32 Å². The number of carbonyl (C=O) groups is 2. The van der Waals surface area contributed by atoms with Gasteiger partial charge in [0.05, 0.1) is 26.9 Å². The molecule has 2 aromatic carbocycles. The summed E-state index contributed by atoms with van der Waals surface area (Å²) in [5.41, 5.74) is 1.62. The lowest BCUT2D eigenvalue weighted by Gasteiger charge is -2.30. The first-order valence-corrected chi connectivity index (χ1v) is 12.3. The van der Waals surface area contributed by atoms with E-state index < -0.39 is 40.5 Å². The molecule has 2 atom stereocenters. The van der Waals surface area contributed by atoms with Gasteiger partial charge in [0.25, 0.3) is 5.69 Å². The monoisotopic (exact) mass is 554 g/mol. The predicted octanol–water partition coefficient (Wildman–Crippen LogP) is 2.64. The summed E-state index contributed by atoms with van der Waals surface area (Å²) in [7, 11) is 1.87. The zero-order chi connectivity index (χ0) is 29.4. The lowest BCUT2D eigenvalue weighted by Crippen LogP contribution is -2.34. The molecular weight excluding hydrogens is 524 g/mol. The topological polar surface area (TPSA) is 174 Å². The molecule has 13 heteroatoms. The number of rotatable bonds is 12. The summed E-state index contributed by atoms with van der Waals surface area (Å²) in [6, 6.07) is 15.2. The highest BCUT2D eigenvalue weighted by Gasteiger charge is 2.39. The highest BCUT2D eigenvalue weighted by atomic mass is 16.7. The summed E-state index contributed by atoms with van der Waals surface area (Å²) in [6.45, 7) is 3.27. The number of nitrogens with one attached hydrogen (secondary N) is 1. The maximum atomic E-state index is 13.4. The number of nitro groups is 2. The van der Waals surface area contributed by atoms with Crippen LogP contribution in [0.2, 0.25) is 0 Å². The number of aliphatic hydroxyl groups excluding tert-OH is 1. The Balaban J connectivity index is 1.87. The second-order valence-corrected chi connectivity index (χ2v) is 9.21. The maximum Gasteiger partial charge on any atom is 0.347 e. The lowest BCUT2D eigenvalue weighted by molar-refractivity contribution is -0.572. The van der Waals surface area contributed by atoms with Crippen LogP contribution in [0.15, 0.2) is 77.1 Å². The average Bonchev–Trinajstić information content (AvgIpc) is 2.91. The van der Waals surface area contributed by atoms with Crippen LogP contribution in [0.5, 0.6) is 0 Å². The fourth-order valence-corrected chi connectivity index (χ4v) is 4.32. The molecule has 2 N–H and O–H groups in total. The summed E-state index contributed by atoms with van der Waals surface area (Å²) in [5.74, 6) is -2.93. The molecular formula is C27H30N4O9. The number of aliphatic hydroxyl groups is 1. The molecule has 0 saturated carbocycles. The normalized spacial score (nSPS) is 15.9. The van der Waals surface area contributed by atoms with Gasteiger partial charge in [-0.25, -0.2) is 9.59 Å². The van der Waals surface area contributed by atoms with E-state index in [-0.39, 0.29) is 34.7 Å². The molecule has 0 fully saturated rings. The predicted molar refractivity (Wildman–Crippen MR) is 142 cm³/mol. The van der Waals surface area contributed by atoms with Gasteiger partial charge in [0, 0.05) is 36.6 Å². The molecule has 1 heterocycles. The Morgan fingerprint density at radius 1 is 1.00 bits per heavy atom. The molecule has 0 bridgehead atoms. The minimum atomic E-state index is -2.15. The van der Waals surface area contributed by atoms with Gasteiger partial charge in [-0.3, -0.25) is 25.1 Å². The van der Waals surface area contributed by atoms with Crippen LogP contribution in [0.3, 0.4) is 0 Å². The van der Waals surface area contributed by atoms with Crippen LogP contribution in [-0.2, 0) is 25.6 Å². The van der Waals surface area contributed by atoms with Crippen LogP contribution in [-0.4, -0.2) is 64.8 Å². The van der Waals surface area contributed by atoms with E-state index in [9.17, 15) is 34.9 Å². The molecule has 0 amide bonds. The first-order chi connectivity index (χ1) is 19.0. The number of nitrogens with zero attached hydrogens (tertiary/aromatic N) is 3. The number of allylic oxidation sites excluding steroid dienone is 2. The van der Waals surface area contributed by atoms with E-state index in [4.69, 9.17) is 9.47 Å². The maximum absolute atomic E-state index is 13.4. The van der Waals surface area contributed by atoms with E-state index in [0.29, 0.717) is 18.8 Å². The number of benzene rings is 2. The van der Waals surface area contributed by atoms with Gasteiger partial charge < -0.3 is 19.9 Å². The standard InChI is InChI=1S/C27H30N4O9/c1-17-23(26(33)39-13-12-29(3)15-19-8-5-4-6-9-19)25(20-10-7-11-21(14-20)30(35)36)24(18(2)28-17)27(34)40-16-22(32)31(37)38/h4-11,14,22,25,28,32H,12-13,15-16H2,1-3H3. The number of hydrogen-bond acceptors (Lipinski definition) is 11. The Labute approximate surface area is 230 Å². The summed E-state index contributed by atoms with van der Waals surface area (Å²) in [4.78, 5) is 49.1. The van der Waals surface area contributed by atoms with Gasteiger partial charge in [-0.2, -0.15) is 0 Å². The first-order valence-electron chi connectivity index (χ1n) is 12.3. The van der Waals surface area contributed by atoms with Gasteiger partial charge in [0.2, 0.25) is 0 Å². The second-order valence-electron chi connectivity index (χ2n) is 9.21. The van der Waals surface area contributed by atoms with Crippen molar-refractivity contribution in [1.82, 2.24) is 10.2 Å². The number of nitro benzene ring substituents is 1. The zero-order valence-corrected chi connectivity index (χ0v) is 22.2. The highest BCUT2D eigenvalue weighted by molar-refractivity contribution is 6.00. The third kappa shape index (κ3) is 7.48. The highest BCUT2D eigenvalue weighted by Crippen LogP contribution is 2.40. The van der Waals surface area contributed by atoms with E-state index in [0.717, 1.165) is 5.56 Å². The molecule has 1 aliphatic heterocycles. The van der Waals surface area contributed by atoms with Crippen LogP contribution >= 0.6 is 0 Å². The van der Waals surface area contributed by atoms with Crippen molar-refractivity contribution in [2.24, 2.45) is 0 Å². The molecule has 0 aromatic heterocycles. The van der Waals surface area contributed by atoms with Crippen molar-refractivity contribution >= 4 is 17.6 Å². The Bertz CT molecular complexity index is 1340. The van der Waals surface area contributed by atoms with Gasteiger partial charge >= 0.3 is 18.2 Å². The number of carbonyl (C=O) groups excluding carboxylic acids is 2. The summed E-state index contributed by atoms with van der Waals surface area (Å²) < 4.78 is 10.6. The molecule has 212 valence electrons. The molecule has 3 rings (SSSR count). The van der Waals surface area contributed by atoms with Gasteiger partial charge in [0.15, 0.2) is 6.61 Å². The molecule has 0 radical (unpaired) electrons. The van der Waals surface area contributed by atoms with Crippen molar-refractivity contribution in [3.63, 3.8) is 0 Å². The minimum Gasteiger partial charge on any atom is -0.461 e. The van der Waals surface area contributed by atoms with Crippen molar-refractivity contribution in [2.45, 2.75) is 32.5 Å². The molecule has 2 unspecified atom stereocenters. The van der Waals surface area contributed by atoms with E-state index in [1.165, 1.54) is 31.2 Å².